The van der Waals surface area contributed by atoms with Crippen LogP contribution in [-0.4, -0.2) is 82.3 Å². The molecule has 0 radical (unpaired) electrons. The number of nitrogens with zero attached hydrogens (tertiary/aromatic N) is 7. The van der Waals surface area contributed by atoms with E-state index in [2.05, 4.69) is 19.9 Å². The first kappa shape index (κ1) is 19.8. The van der Waals surface area contributed by atoms with Gasteiger partial charge in [-0.1, -0.05) is 0 Å². The summed E-state index contributed by atoms with van der Waals surface area (Å²) in [6.45, 7) is 3.12. The zero-order valence-electron chi connectivity index (χ0n) is 16.4. The molecule has 156 valence electrons. The van der Waals surface area contributed by atoms with Crippen molar-refractivity contribution in [1.82, 2.24) is 28.7 Å². The highest BCUT2D eigenvalue weighted by Crippen LogP contribution is 2.25. The summed E-state index contributed by atoms with van der Waals surface area (Å²) in [5.41, 5.74) is 0. The number of anilines is 1. The van der Waals surface area contributed by atoms with Crippen LogP contribution in [0.4, 0.5) is 5.95 Å². The molecule has 4 heterocycles. The number of hydrogen-bond acceptors (Lipinski definition) is 7. The normalized spacial score (nSPS) is 21.3. The Morgan fingerprint density at radius 2 is 1.79 bits per heavy atom. The van der Waals surface area contributed by atoms with Crippen molar-refractivity contribution in [1.29, 1.82) is 0 Å². The van der Waals surface area contributed by atoms with Gasteiger partial charge in [0.05, 0.1) is 12.2 Å². The lowest BCUT2D eigenvalue weighted by Crippen LogP contribution is -2.53. The molecule has 0 unspecified atom stereocenters. The van der Waals surface area contributed by atoms with Gasteiger partial charge in [-0.25, -0.2) is 23.4 Å². The molecule has 10 nitrogen and oxygen atoms in total. The molecule has 2 aromatic rings. The summed E-state index contributed by atoms with van der Waals surface area (Å²) in [5.74, 6) is 0.381. The quantitative estimate of drug-likeness (QED) is 0.685. The molecule has 1 amide bonds. The highest BCUT2D eigenvalue weighted by molar-refractivity contribution is 7.89. The van der Waals surface area contributed by atoms with Crippen LogP contribution in [0.15, 0.2) is 36.0 Å². The number of amides is 1. The van der Waals surface area contributed by atoms with Crippen molar-refractivity contribution in [3.63, 3.8) is 0 Å². The van der Waals surface area contributed by atoms with Crippen LogP contribution in [0.25, 0.3) is 0 Å². The number of imidazole rings is 1. The fourth-order valence-electron chi connectivity index (χ4n) is 3.86. The first-order valence-electron chi connectivity index (χ1n) is 9.74. The van der Waals surface area contributed by atoms with E-state index in [0.717, 1.165) is 0 Å². The smallest absolute Gasteiger partial charge is 0.262 e. The number of carbonyl (C=O) groups is 1. The molecular formula is C18H25N7O3S. The van der Waals surface area contributed by atoms with Crippen molar-refractivity contribution >= 4 is 21.9 Å². The van der Waals surface area contributed by atoms with Crippen molar-refractivity contribution in [2.45, 2.75) is 17.9 Å². The van der Waals surface area contributed by atoms with Gasteiger partial charge in [0.2, 0.25) is 11.9 Å². The number of piperazine rings is 1. The van der Waals surface area contributed by atoms with Crippen molar-refractivity contribution in [3.8, 4) is 0 Å². The highest BCUT2D eigenvalue weighted by Gasteiger charge is 2.36. The van der Waals surface area contributed by atoms with Crippen molar-refractivity contribution < 1.29 is 13.2 Å². The molecule has 11 heteroatoms. The summed E-state index contributed by atoms with van der Waals surface area (Å²) in [6.07, 6.45) is 7.74. The Hall–Kier alpha value is -2.53. The van der Waals surface area contributed by atoms with Gasteiger partial charge in [-0.15, -0.1) is 0 Å². The minimum Gasteiger partial charge on any atom is -0.339 e. The van der Waals surface area contributed by atoms with Gasteiger partial charge >= 0.3 is 0 Å². The van der Waals surface area contributed by atoms with Crippen LogP contribution >= 0.6 is 0 Å². The van der Waals surface area contributed by atoms with Gasteiger partial charge in [0.25, 0.3) is 10.0 Å². The Morgan fingerprint density at radius 1 is 1.07 bits per heavy atom. The molecule has 2 aliphatic heterocycles. The van der Waals surface area contributed by atoms with Gasteiger partial charge in [0.1, 0.15) is 0 Å². The lowest BCUT2D eigenvalue weighted by molar-refractivity contribution is -0.137. The predicted octanol–water partition coefficient (Wildman–Crippen LogP) is -0.0404. The van der Waals surface area contributed by atoms with E-state index in [0.29, 0.717) is 51.5 Å². The third kappa shape index (κ3) is 4.10. The minimum atomic E-state index is -3.68. The van der Waals surface area contributed by atoms with E-state index in [4.69, 9.17) is 0 Å². The lowest BCUT2D eigenvalue weighted by Gasteiger charge is -2.38. The van der Waals surface area contributed by atoms with E-state index in [1.165, 1.54) is 16.8 Å². The molecule has 2 saturated heterocycles. The van der Waals surface area contributed by atoms with Gasteiger partial charge in [0, 0.05) is 64.9 Å². The minimum absolute atomic E-state index is 0.0274. The van der Waals surface area contributed by atoms with Crippen LogP contribution in [0.1, 0.15) is 12.8 Å². The Morgan fingerprint density at radius 3 is 2.45 bits per heavy atom. The third-order valence-corrected chi connectivity index (χ3v) is 7.20. The summed E-state index contributed by atoms with van der Waals surface area (Å²) in [6, 6.07) is 1.77. The number of hydrogen-bond donors (Lipinski definition) is 0. The molecule has 2 aliphatic rings. The summed E-state index contributed by atoms with van der Waals surface area (Å²) >= 11 is 0. The first-order chi connectivity index (χ1) is 13.9. The zero-order chi connectivity index (χ0) is 20.4. The van der Waals surface area contributed by atoms with Gasteiger partial charge in [-0.2, -0.15) is 4.31 Å². The molecule has 0 bridgehead atoms. The molecule has 0 aliphatic carbocycles. The third-order valence-electron chi connectivity index (χ3n) is 5.45. The largest absolute Gasteiger partial charge is 0.339 e. The lowest BCUT2D eigenvalue weighted by atomic mass is 9.98. The van der Waals surface area contributed by atoms with Crippen molar-refractivity contribution in [3.05, 3.63) is 31.0 Å². The second kappa shape index (κ2) is 8.07. The SMILES string of the molecule is Cn1cnc(S(=O)(=O)N2CCC[C@H](C(=O)N3CCN(c4ncccn4)CC3)C2)c1. The molecule has 2 fully saturated rings. The number of rotatable bonds is 4. The van der Waals surface area contributed by atoms with Crippen molar-refractivity contribution in [2.24, 2.45) is 13.0 Å². The van der Waals surface area contributed by atoms with Crippen LogP contribution in [-0.2, 0) is 21.9 Å². The maximum absolute atomic E-state index is 13.0. The van der Waals surface area contributed by atoms with Gasteiger partial charge in [0.15, 0.2) is 5.03 Å². The number of sulfonamides is 1. The van der Waals surface area contributed by atoms with Crippen LogP contribution in [0.2, 0.25) is 0 Å². The monoisotopic (exact) mass is 419 g/mol. The molecule has 0 spiro atoms. The molecule has 29 heavy (non-hydrogen) atoms. The number of carbonyl (C=O) groups excluding carboxylic acids is 1. The van der Waals surface area contributed by atoms with Crippen LogP contribution in [0.3, 0.4) is 0 Å². The Labute approximate surface area is 170 Å². The fraction of sp³-hybridized carbons (Fsp3) is 0.556. The van der Waals surface area contributed by atoms with Gasteiger partial charge < -0.3 is 14.4 Å². The van der Waals surface area contributed by atoms with Gasteiger partial charge in [-0.3, -0.25) is 4.79 Å². The fourth-order valence-corrected chi connectivity index (χ4v) is 5.35. The molecule has 0 N–H and O–H groups in total. The average molecular weight is 420 g/mol. The van der Waals surface area contributed by atoms with Gasteiger partial charge in [-0.05, 0) is 18.9 Å². The molecule has 0 aromatic carbocycles. The molecule has 4 rings (SSSR count). The zero-order valence-corrected chi connectivity index (χ0v) is 17.2. The second-order valence-corrected chi connectivity index (χ2v) is 9.33. The standard InChI is InChI=1S/C18H25N7O3S/c1-22-13-16(21-14-22)29(27,28)25-7-2-4-15(12-25)17(26)23-8-10-24(11-9-23)18-19-5-3-6-20-18/h3,5-6,13-15H,2,4,7-12H2,1H3/t15-/m0/s1. The predicted molar refractivity (Wildman–Crippen MR) is 106 cm³/mol. The molecule has 0 saturated carbocycles. The topological polar surface area (TPSA) is 105 Å². The summed E-state index contributed by atoms with van der Waals surface area (Å²) in [5, 5.41) is 0.0320. The molecule has 1 atom stereocenters. The number of piperidine rings is 1. The average Bonchev–Trinajstić information content (AvgIpc) is 3.21. The van der Waals surface area contributed by atoms with Crippen LogP contribution < -0.4 is 4.90 Å². The highest BCUT2D eigenvalue weighted by atomic mass is 32.2. The van der Waals surface area contributed by atoms with Crippen molar-refractivity contribution in [2.75, 3.05) is 44.2 Å². The van der Waals surface area contributed by atoms with E-state index in [1.54, 1.807) is 30.1 Å². The van der Waals surface area contributed by atoms with E-state index in [-0.39, 0.29) is 23.4 Å². The number of aromatic nitrogens is 4. The summed E-state index contributed by atoms with van der Waals surface area (Å²) in [4.78, 5) is 29.4. The Bertz CT molecular complexity index is 955. The second-order valence-electron chi connectivity index (χ2n) is 7.44. The van der Waals surface area contributed by atoms with E-state index in [1.807, 2.05) is 4.90 Å². The Kier molecular flexibility index (Phi) is 5.50. The van der Waals surface area contributed by atoms with E-state index >= 15 is 0 Å². The molecular weight excluding hydrogens is 394 g/mol. The first-order valence-corrected chi connectivity index (χ1v) is 11.2. The Balaban J connectivity index is 1.38. The maximum atomic E-state index is 13.0. The molecule has 2 aromatic heterocycles. The van der Waals surface area contributed by atoms with Crippen LogP contribution in [0.5, 0.6) is 0 Å². The van der Waals surface area contributed by atoms with Crippen LogP contribution in [0, 0.1) is 5.92 Å². The van der Waals surface area contributed by atoms with E-state index < -0.39 is 10.0 Å². The summed E-state index contributed by atoms with van der Waals surface area (Å²) < 4.78 is 28.7. The number of aryl methyl sites for hydroxylation is 1. The summed E-state index contributed by atoms with van der Waals surface area (Å²) in [7, 11) is -1.95. The van der Waals surface area contributed by atoms with E-state index in [9.17, 15) is 13.2 Å². The maximum Gasteiger partial charge on any atom is 0.262 e.